The van der Waals surface area contributed by atoms with Gasteiger partial charge in [0.15, 0.2) is 0 Å². The van der Waals surface area contributed by atoms with Crippen molar-refractivity contribution in [3.8, 4) is 0 Å². The fraction of sp³-hybridized carbons (Fsp3) is 0.800. The highest BCUT2D eigenvalue weighted by atomic mass is 35.5. The monoisotopic (exact) mass is 245 g/mol. The number of aromatic nitrogens is 2. The van der Waals surface area contributed by atoms with E-state index in [0.717, 1.165) is 24.6 Å². The Hall–Kier alpha value is -0.190. The molecule has 1 saturated heterocycles. The fourth-order valence-electron chi connectivity index (χ4n) is 1.80. The standard InChI is InChI=1S/C10H16ClN3S/c1-10(2)3-5-14(6-4-10)7-8-12-13-9(11)15-8/h3-7H2,1-2H3. The van der Waals surface area contributed by atoms with E-state index in [-0.39, 0.29) is 0 Å². The highest BCUT2D eigenvalue weighted by molar-refractivity contribution is 7.15. The molecule has 1 aromatic heterocycles. The lowest BCUT2D eigenvalue weighted by Crippen LogP contribution is -2.36. The Balaban J connectivity index is 1.87. The lowest BCUT2D eigenvalue weighted by Gasteiger charge is -2.36. The molecule has 5 heteroatoms. The van der Waals surface area contributed by atoms with Crippen molar-refractivity contribution >= 4 is 22.9 Å². The summed E-state index contributed by atoms with van der Waals surface area (Å²) in [6, 6.07) is 0. The van der Waals surface area contributed by atoms with E-state index in [1.165, 1.54) is 24.2 Å². The van der Waals surface area contributed by atoms with Crippen molar-refractivity contribution in [3.63, 3.8) is 0 Å². The predicted molar refractivity (Wildman–Crippen MR) is 63.2 cm³/mol. The Morgan fingerprint density at radius 2 is 2.00 bits per heavy atom. The second kappa shape index (κ2) is 4.36. The molecule has 0 amide bonds. The molecule has 0 atom stereocenters. The number of rotatable bonds is 2. The molecule has 0 unspecified atom stereocenters. The van der Waals surface area contributed by atoms with Crippen LogP contribution in [0.15, 0.2) is 0 Å². The van der Waals surface area contributed by atoms with Gasteiger partial charge in [-0.2, -0.15) is 0 Å². The van der Waals surface area contributed by atoms with Crippen molar-refractivity contribution in [2.45, 2.75) is 33.2 Å². The largest absolute Gasteiger partial charge is 0.297 e. The average molecular weight is 246 g/mol. The highest BCUT2D eigenvalue weighted by Gasteiger charge is 2.25. The Morgan fingerprint density at radius 1 is 1.33 bits per heavy atom. The molecule has 1 aliphatic rings. The van der Waals surface area contributed by atoms with Crippen molar-refractivity contribution in [2.24, 2.45) is 5.41 Å². The van der Waals surface area contributed by atoms with E-state index in [1.54, 1.807) is 0 Å². The first-order valence-electron chi connectivity index (χ1n) is 5.25. The molecule has 3 nitrogen and oxygen atoms in total. The Kier molecular flexibility index (Phi) is 3.28. The van der Waals surface area contributed by atoms with Gasteiger partial charge in [-0.25, -0.2) is 0 Å². The summed E-state index contributed by atoms with van der Waals surface area (Å²) in [5.74, 6) is 0. The van der Waals surface area contributed by atoms with Crippen LogP contribution >= 0.6 is 22.9 Å². The van der Waals surface area contributed by atoms with E-state index >= 15 is 0 Å². The van der Waals surface area contributed by atoms with Gasteiger partial charge in [-0.1, -0.05) is 25.2 Å². The highest BCUT2D eigenvalue weighted by Crippen LogP contribution is 2.30. The van der Waals surface area contributed by atoms with Crippen LogP contribution in [-0.2, 0) is 6.54 Å². The SMILES string of the molecule is CC1(C)CCN(Cc2nnc(Cl)s2)CC1. The summed E-state index contributed by atoms with van der Waals surface area (Å²) < 4.78 is 0.544. The molecular formula is C10H16ClN3S. The first-order valence-corrected chi connectivity index (χ1v) is 6.45. The first-order chi connectivity index (χ1) is 7.05. The maximum absolute atomic E-state index is 5.75. The molecule has 15 heavy (non-hydrogen) atoms. The lowest BCUT2D eigenvalue weighted by atomic mass is 9.83. The topological polar surface area (TPSA) is 29.0 Å². The van der Waals surface area contributed by atoms with Crippen molar-refractivity contribution in [1.29, 1.82) is 0 Å². The van der Waals surface area contributed by atoms with E-state index in [2.05, 4.69) is 28.9 Å². The van der Waals surface area contributed by atoms with Gasteiger partial charge in [0.2, 0.25) is 4.47 Å². The summed E-state index contributed by atoms with van der Waals surface area (Å²) in [5, 5.41) is 8.89. The number of hydrogen-bond donors (Lipinski definition) is 0. The zero-order chi connectivity index (χ0) is 10.9. The van der Waals surface area contributed by atoms with Crippen LogP contribution in [-0.4, -0.2) is 28.2 Å². The summed E-state index contributed by atoms with van der Waals surface area (Å²) in [6.45, 7) is 7.90. The molecule has 1 aromatic rings. The van der Waals surface area contributed by atoms with E-state index in [4.69, 9.17) is 11.6 Å². The fourth-order valence-corrected chi connectivity index (χ4v) is 2.71. The van der Waals surface area contributed by atoms with E-state index < -0.39 is 0 Å². The molecule has 84 valence electrons. The van der Waals surface area contributed by atoms with Crippen LogP contribution in [0.25, 0.3) is 0 Å². The molecule has 0 spiro atoms. The summed E-state index contributed by atoms with van der Waals surface area (Å²) in [6.07, 6.45) is 2.53. The van der Waals surface area contributed by atoms with E-state index in [0.29, 0.717) is 9.88 Å². The molecular weight excluding hydrogens is 230 g/mol. The van der Waals surface area contributed by atoms with E-state index in [9.17, 15) is 0 Å². The molecule has 2 rings (SSSR count). The van der Waals surface area contributed by atoms with Crippen molar-refractivity contribution in [1.82, 2.24) is 15.1 Å². The number of likely N-dealkylation sites (tertiary alicyclic amines) is 1. The zero-order valence-corrected chi connectivity index (χ0v) is 10.7. The Labute approximate surface area is 99.5 Å². The Morgan fingerprint density at radius 3 is 2.53 bits per heavy atom. The van der Waals surface area contributed by atoms with Gasteiger partial charge < -0.3 is 0 Å². The summed E-state index contributed by atoms with van der Waals surface area (Å²) in [7, 11) is 0. The quantitative estimate of drug-likeness (QED) is 0.803. The van der Waals surface area contributed by atoms with E-state index in [1.807, 2.05) is 0 Å². The minimum atomic E-state index is 0.509. The summed E-state index contributed by atoms with van der Waals surface area (Å²) in [4.78, 5) is 2.43. The number of piperidine rings is 1. The van der Waals surface area contributed by atoms with Gasteiger partial charge >= 0.3 is 0 Å². The number of nitrogens with zero attached hydrogens (tertiary/aromatic N) is 3. The molecule has 0 aliphatic carbocycles. The lowest BCUT2D eigenvalue weighted by molar-refractivity contribution is 0.127. The molecule has 1 aliphatic heterocycles. The predicted octanol–water partition coefficient (Wildman–Crippen LogP) is 2.81. The molecule has 0 aromatic carbocycles. The van der Waals surface area contributed by atoms with Crippen LogP contribution in [0.1, 0.15) is 31.7 Å². The smallest absolute Gasteiger partial charge is 0.207 e. The van der Waals surface area contributed by atoms with Gasteiger partial charge in [0.1, 0.15) is 5.01 Å². The van der Waals surface area contributed by atoms with Gasteiger partial charge in [-0.3, -0.25) is 4.90 Å². The third-order valence-electron chi connectivity index (χ3n) is 3.01. The maximum atomic E-state index is 5.75. The van der Waals surface area contributed by atoms with Crippen LogP contribution in [0.5, 0.6) is 0 Å². The molecule has 2 heterocycles. The van der Waals surface area contributed by atoms with Crippen molar-refractivity contribution in [3.05, 3.63) is 9.47 Å². The molecule has 0 radical (unpaired) electrons. The third-order valence-corrected chi connectivity index (χ3v) is 4.01. The minimum Gasteiger partial charge on any atom is -0.297 e. The zero-order valence-electron chi connectivity index (χ0n) is 9.16. The first kappa shape index (κ1) is 11.3. The third kappa shape index (κ3) is 3.13. The second-order valence-electron chi connectivity index (χ2n) is 4.89. The number of halogens is 1. The molecule has 1 fully saturated rings. The van der Waals surface area contributed by atoms with Crippen LogP contribution in [0, 0.1) is 5.41 Å². The minimum absolute atomic E-state index is 0.509. The van der Waals surface area contributed by atoms with Crippen LogP contribution in [0.3, 0.4) is 0 Å². The summed E-state index contributed by atoms with van der Waals surface area (Å²) >= 11 is 7.23. The van der Waals surface area contributed by atoms with Gasteiger partial charge in [0.05, 0.1) is 6.54 Å². The van der Waals surface area contributed by atoms with Crippen LogP contribution < -0.4 is 0 Å². The van der Waals surface area contributed by atoms with Gasteiger partial charge in [-0.05, 0) is 42.9 Å². The Bertz CT molecular complexity index is 327. The molecule has 0 bridgehead atoms. The second-order valence-corrected chi connectivity index (χ2v) is 6.53. The van der Waals surface area contributed by atoms with Gasteiger partial charge in [-0.15, -0.1) is 10.2 Å². The number of hydrogen-bond acceptors (Lipinski definition) is 4. The van der Waals surface area contributed by atoms with Crippen molar-refractivity contribution in [2.75, 3.05) is 13.1 Å². The molecule has 0 N–H and O–H groups in total. The van der Waals surface area contributed by atoms with Gasteiger partial charge in [0.25, 0.3) is 0 Å². The van der Waals surface area contributed by atoms with Crippen molar-refractivity contribution < 1.29 is 0 Å². The average Bonchev–Trinajstić information content (AvgIpc) is 2.55. The normalized spacial score (nSPS) is 21.8. The summed E-state index contributed by atoms with van der Waals surface area (Å²) in [5.41, 5.74) is 0.509. The van der Waals surface area contributed by atoms with Crippen LogP contribution in [0.2, 0.25) is 4.47 Å². The maximum Gasteiger partial charge on any atom is 0.207 e. The van der Waals surface area contributed by atoms with Crippen LogP contribution in [0.4, 0.5) is 0 Å². The van der Waals surface area contributed by atoms with Gasteiger partial charge in [0, 0.05) is 0 Å². The molecule has 0 saturated carbocycles.